The average Bonchev–Trinajstić information content (AvgIpc) is 2.34. The number of ketones is 1. The van der Waals surface area contributed by atoms with Crippen LogP contribution >= 0.6 is 11.6 Å². The fourth-order valence-electron chi connectivity index (χ4n) is 1.65. The average molecular weight is 264 g/mol. The molecule has 92 valence electrons. The van der Waals surface area contributed by atoms with E-state index in [-0.39, 0.29) is 18.0 Å². The lowest BCUT2D eigenvalue weighted by molar-refractivity contribution is 0.0992. The Hall–Kier alpha value is -1.74. The lowest BCUT2D eigenvalue weighted by atomic mass is 10.0. The molecule has 4 heteroatoms. The molecule has 0 aliphatic rings. The number of hydrogen-bond acceptors (Lipinski definition) is 2. The van der Waals surface area contributed by atoms with Gasteiger partial charge in [-0.15, -0.1) is 0 Å². The van der Waals surface area contributed by atoms with Crippen LogP contribution in [0.3, 0.4) is 0 Å². The van der Waals surface area contributed by atoms with Gasteiger partial charge in [0.05, 0.1) is 0 Å². The summed E-state index contributed by atoms with van der Waals surface area (Å²) in [4.78, 5) is 15.8. The van der Waals surface area contributed by atoms with Crippen LogP contribution < -0.4 is 0 Å². The quantitative estimate of drug-likeness (QED) is 0.625. The number of carbonyl (C=O) groups excluding carboxylic acids is 1. The number of hydrogen-bond donors (Lipinski definition) is 0. The first-order valence-electron chi connectivity index (χ1n) is 5.46. The summed E-state index contributed by atoms with van der Waals surface area (Å²) in [6.45, 7) is 1.85. The molecule has 0 radical (unpaired) electrons. The van der Waals surface area contributed by atoms with Crippen LogP contribution in [0, 0.1) is 12.7 Å². The van der Waals surface area contributed by atoms with Gasteiger partial charge in [-0.3, -0.25) is 4.79 Å². The molecule has 1 heterocycles. The monoisotopic (exact) mass is 263 g/mol. The topological polar surface area (TPSA) is 30.0 Å². The molecule has 0 fully saturated rings. The van der Waals surface area contributed by atoms with E-state index in [2.05, 4.69) is 4.98 Å². The molecule has 2 aromatic rings. The number of aromatic nitrogens is 1. The first kappa shape index (κ1) is 12.7. The molecule has 0 spiro atoms. The first-order valence-corrected chi connectivity index (χ1v) is 5.84. The van der Waals surface area contributed by atoms with Crippen LogP contribution in [0.4, 0.5) is 4.39 Å². The molecule has 2 nitrogen and oxygen atoms in total. The molecule has 0 atom stereocenters. The summed E-state index contributed by atoms with van der Waals surface area (Å²) in [5, 5.41) is 0.341. The van der Waals surface area contributed by atoms with Gasteiger partial charge in [0.15, 0.2) is 5.78 Å². The third-order valence-corrected chi connectivity index (χ3v) is 2.94. The van der Waals surface area contributed by atoms with Crippen LogP contribution in [0.2, 0.25) is 5.15 Å². The van der Waals surface area contributed by atoms with Crippen LogP contribution in [0.1, 0.15) is 21.5 Å². The standard InChI is InChI=1S/C14H11ClFNO/c1-9-2-4-12(16)6-11(9)7-13(18)10-3-5-14(15)17-8-10/h2-6,8H,7H2,1H3. The Balaban J connectivity index is 2.21. The third-order valence-electron chi connectivity index (χ3n) is 2.71. The van der Waals surface area contributed by atoms with Gasteiger partial charge in [0, 0.05) is 18.2 Å². The lowest BCUT2D eigenvalue weighted by Crippen LogP contribution is -2.05. The molecule has 0 N–H and O–H groups in total. The zero-order chi connectivity index (χ0) is 13.1. The Labute approximate surface area is 109 Å². The minimum Gasteiger partial charge on any atom is -0.294 e. The SMILES string of the molecule is Cc1ccc(F)cc1CC(=O)c1ccc(Cl)nc1. The predicted octanol–water partition coefficient (Wildman–Crippen LogP) is 3.61. The molecule has 1 aromatic carbocycles. The summed E-state index contributed by atoms with van der Waals surface area (Å²) in [6, 6.07) is 7.61. The minimum absolute atomic E-state index is 0.104. The summed E-state index contributed by atoms with van der Waals surface area (Å²) in [7, 11) is 0. The van der Waals surface area contributed by atoms with Crippen molar-refractivity contribution in [3.8, 4) is 0 Å². The highest BCUT2D eigenvalue weighted by atomic mass is 35.5. The summed E-state index contributed by atoms with van der Waals surface area (Å²) < 4.78 is 13.1. The van der Waals surface area contributed by atoms with Gasteiger partial charge in [-0.25, -0.2) is 9.37 Å². The minimum atomic E-state index is -0.336. The molecule has 2 rings (SSSR count). The van der Waals surface area contributed by atoms with E-state index in [1.807, 2.05) is 6.92 Å². The van der Waals surface area contributed by atoms with Crippen LogP contribution in [0.25, 0.3) is 0 Å². The number of benzene rings is 1. The molecule has 0 amide bonds. The molecule has 0 saturated heterocycles. The number of rotatable bonds is 3. The summed E-state index contributed by atoms with van der Waals surface area (Å²) in [6.07, 6.45) is 1.59. The van der Waals surface area contributed by atoms with E-state index in [1.54, 1.807) is 18.2 Å². The highest BCUT2D eigenvalue weighted by Gasteiger charge is 2.10. The van der Waals surface area contributed by atoms with Crippen molar-refractivity contribution in [2.75, 3.05) is 0 Å². The molecule has 0 unspecified atom stereocenters. The van der Waals surface area contributed by atoms with Crippen molar-refractivity contribution in [3.05, 3.63) is 64.2 Å². The van der Waals surface area contributed by atoms with E-state index < -0.39 is 0 Å². The fourth-order valence-corrected chi connectivity index (χ4v) is 1.76. The highest BCUT2D eigenvalue weighted by molar-refractivity contribution is 6.29. The number of pyridine rings is 1. The van der Waals surface area contributed by atoms with Gasteiger partial charge in [0.2, 0.25) is 0 Å². The Bertz CT molecular complexity index is 581. The van der Waals surface area contributed by atoms with Crippen molar-refractivity contribution in [1.82, 2.24) is 4.98 Å². The third kappa shape index (κ3) is 2.93. The molecule has 0 aliphatic heterocycles. The van der Waals surface area contributed by atoms with Crippen molar-refractivity contribution in [2.45, 2.75) is 13.3 Å². The lowest BCUT2D eigenvalue weighted by Gasteiger charge is -2.05. The molecular weight excluding hydrogens is 253 g/mol. The van der Waals surface area contributed by atoms with Gasteiger partial charge in [-0.05, 0) is 42.3 Å². The van der Waals surface area contributed by atoms with Crippen molar-refractivity contribution in [3.63, 3.8) is 0 Å². The second-order valence-electron chi connectivity index (χ2n) is 4.04. The van der Waals surface area contributed by atoms with E-state index in [4.69, 9.17) is 11.6 Å². The highest BCUT2D eigenvalue weighted by Crippen LogP contribution is 2.14. The number of carbonyl (C=O) groups is 1. The van der Waals surface area contributed by atoms with E-state index in [0.29, 0.717) is 16.3 Å². The van der Waals surface area contributed by atoms with Crippen LogP contribution in [-0.4, -0.2) is 10.8 Å². The zero-order valence-corrected chi connectivity index (χ0v) is 10.5. The smallest absolute Gasteiger partial charge is 0.168 e. The van der Waals surface area contributed by atoms with Crippen LogP contribution in [0.15, 0.2) is 36.5 Å². The predicted molar refractivity (Wildman–Crippen MR) is 68.4 cm³/mol. The Kier molecular flexibility index (Phi) is 3.72. The maximum Gasteiger partial charge on any atom is 0.168 e. The van der Waals surface area contributed by atoms with Crippen molar-refractivity contribution >= 4 is 17.4 Å². The normalized spacial score (nSPS) is 10.4. The van der Waals surface area contributed by atoms with Crippen LogP contribution in [0.5, 0.6) is 0 Å². The second kappa shape index (κ2) is 5.27. The molecular formula is C14H11ClFNO. The van der Waals surface area contributed by atoms with E-state index >= 15 is 0 Å². The van der Waals surface area contributed by atoms with Crippen molar-refractivity contribution in [1.29, 1.82) is 0 Å². The molecule has 0 bridgehead atoms. The Morgan fingerprint density at radius 1 is 1.33 bits per heavy atom. The summed E-state index contributed by atoms with van der Waals surface area (Å²) >= 11 is 5.65. The number of Topliss-reactive ketones (excluding diaryl/α,β-unsaturated/α-hetero) is 1. The number of nitrogens with zero attached hydrogens (tertiary/aromatic N) is 1. The molecule has 0 saturated carbocycles. The van der Waals surface area contributed by atoms with Gasteiger partial charge in [0.25, 0.3) is 0 Å². The molecule has 18 heavy (non-hydrogen) atoms. The van der Waals surface area contributed by atoms with Crippen molar-refractivity contribution in [2.24, 2.45) is 0 Å². The van der Waals surface area contributed by atoms with Gasteiger partial charge < -0.3 is 0 Å². The molecule has 0 aliphatic carbocycles. The zero-order valence-electron chi connectivity index (χ0n) is 9.78. The van der Waals surface area contributed by atoms with Crippen LogP contribution in [-0.2, 0) is 6.42 Å². The number of aryl methyl sites for hydroxylation is 1. The Morgan fingerprint density at radius 2 is 2.11 bits per heavy atom. The van der Waals surface area contributed by atoms with E-state index in [9.17, 15) is 9.18 Å². The van der Waals surface area contributed by atoms with E-state index in [1.165, 1.54) is 18.3 Å². The molecule has 1 aromatic heterocycles. The maximum absolute atomic E-state index is 13.1. The maximum atomic E-state index is 13.1. The Morgan fingerprint density at radius 3 is 2.78 bits per heavy atom. The van der Waals surface area contributed by atoms with Crippen molar-refractivity contribution < 1.29 is 9.18 Å². The summed E-state index contributed by atoms with van der Waals surface area (Å²) in [5.41, 5.74) is 2.06. The summed E-state index contributed by atoms with van der Waals surface area (Å²) in [5.74, 6) is -0.439. The van der Waals surface area contributed by atoms with Gasteiger partial charge in [0.1, 0.15) is 11.0 Å². The second-order valence-corrected chi connectivity index (χ2v) is 4.43. The fraction of sp³-hybridized carbons (Fsp3) is 0.143. The largest absolute Gasteiger partial charge is 0.294 e. The first-order chi connectivity index (χ1) is 8.56. The van der Waals surface area contributed by atoms with Gasteiger partial charge >= 0.3 is 0 Å². The van der Waals surface area contributed by atoms with Gasteiger partial charge in [-0.1, -0.05) is 17.7 Å². The number of halogens is 2. The van der Waals surface area contributed by atoms with Gasteiger partial charge in [-0.2, -0.15) is 0 Å². The van der Waals surface area contributed by atoms with E-state index in [0.717, 1.165) is 5.56 Å².